The van der Waals surface area contributed by atoms with E-state index in [0.717, 1.165) is 22.6 Å². The molecule has 0 unspecified atom stereocenters. The molecule has 1 aliphatic rings. The molecule has 0 saturated carbocycles. The van der Waals surface area contributed by atoms with Crippen molar-refractivity contribution in [1.82, 2.24) is 15.3 Å². The molecule has 17 heavy (non-hydrogen) atoms. The van der Waals surface area contributed by atoms with Crippen molar-refractivity contribution in [3.05, 3.63) is 16.7 Å². The van der Waals surface area contributed by atoms with Gasteiger partial charge in [-0.25, -0.2) is 4.98 Å². The summed E-state index contributed by atoms with van der Waals surface area (Å²) < 4.78 is 0. The van der Waals surface area contributed by atoms with Crippen LogP contribution in [0.5, 0.6) is 0 Å². The highest BCUT2D eigenvalue weighted by Gasteiger charge is 2.20. The molecule has 0 atom stereocenters. The number of hydrogen-bond donors (Lipinski definition) is 1. The molecule has 1 amide bonds. The van der Waals surface area contributed by atoms with E-state index in [0.29, 0.717) is 13.1 Å². The number of fused-ring (bicyclic) bond motifs is 1. The van der Waals surface area contributed by atoms with Crippen molar-refractivity contribution in [1.29, 1.82) is 0 Å². The van der Waals surface area contributed by atoms with E-state index < -0.39 is 0 Å². The molecule has 1 aliphatic heterocycles. The highest BCUT2D eigenvalue weighted by molar-refractivity contribution is 7.16. The topological polar surface area (TPSA) is 58.1 Å². The van der Waals surface area contributed by atoms with Crippen molar-refractivity contribution in [3.63, 3.8) is 0 Å². The Labute approximate surface area is 106 Å². The molecule has 5 nitrogen and oxygen atoms in total. The van der Waals surface area contributed by atoms with Crippen LogP contribution in [-0.2, 0) is 4.79 Å². The molecule has 0 spiro atoms. The lowest BCUT2D eigenvalue weighted by Crippen LogP contribution is -2.48. The fourth-order valence-electron chi connectivity index (χ4n) is 1.87. The van der Waals surface area contributed by atoms with Crippen LogP contribution in [0, 0.1) is 0 Å². The maximum atomic E-state index is 11.4. The third-order valence-corrected chi connectivity index (χ3v) is 3.59. The molecule has 7 heteroatoms. The van der Waals surface area contributed by atoms with Crippen LogP contribution in [0.15, 0.2) is 11.4 Å². The minimum absolute atomic E-state index is 0.00867. The maximum Gasteiger partial charge on any atom is 0.239 e. The highest BCUT2D eigenvalue weighted by atomic mass is 35.5. The van der Waals surface area contributed by atoms with Crippen LogP contribution in [0.25, 0.3) is 10.2 Å². The Bertz CT molecular complexity index is 585. The number of anilines is 1. The SMILES string of the molecule is O=C1CN(c2nc(Cl)nc3sccc23)CCN1. The average Bonchev–Trinajstić information content (AvgIpc) is 2.75. The van der Waals surface area contributed by atoms with Gasteiger partial charge in [-0.2, -0.15) is 4.98 Å². The molecule has 0 aliphatic carbocycles. The smallest absolute Gasteiger partial charge is 0.239 e. The van der Waals surface area contributed by atoms with E-state index in [2.05, 4.69) is 15.3 Å². The molecule has 0 bridgehead atoms. The molecule has 0 radical (unpaired) electrons. The summed E-state index contributed by atoms with van der Waals surface area (Å²) in [4.78, 5) is 22.6. The Morgan fingerprint density at radius 2 is 2.35 bits per heavy atom. The lowest BCUT2D eigenvalue weighted by atomic mass is 10.3. The molecule has 1 saturated heterocycles. The number of piperazine rings is 1. The van der Waals surface area contributed by atoms with Gasteiger partial charge in [0.25, 0.3) is 0 Å². The van der Waals surface area contributed by atoms with Gasteiger partial charge in [-0.3, -0.25) is 4.79 Å². The number of thiophene rings is 1. The van der Waals surface area contributed by atoms with Crippen LogP contribution in [0.3, 0.4) is 0 Å². The molecule has 3 heterocycles. The fourth-order valence-corrected chi connectivity index (χ4v) is 2.85. The zero-order valence-electron chi connectivity index (χ0n) is 8.81. The standard InChI is InChI=1S/C10H9ClN4OS/c11-10-13-8(6-1-4-17-9(6)14-10)15-3-2-12-7(16)5-15/h1,4H,2-3,5H2,(H,12,16). The number of carbonyl (C=O) groups is 1. The van der Waals surface area contributed by atoms with E-state index in [4.69, 9.17) is 11.6 Å². The summed E-state index contributed by atoms with van der Waals surface area (Å²) in [5, 5.41) is 5.91. The number of nitrogens with zero attached hydrogens (tertiary/aromatic N) is 3. The van der Waals surface area contributed by atoms with Crippen LogP contribution in [0.1, 0.15) is 0 Å². The minimum atomic E-state index is 0.00867. The lowest BCUT2D eigenvalue weighted by Gasteiger charge is -2.27. The summed E-state index contributed by atoms with van der Waals surface area (Å²) in [6, 6.07) is 1.96. The van der Waals surface area contributed by atoms with Gasteiger partial charge in [-0.05, 0) is 23.0 Å². The van der Waals surface area contributed by atoms with Crippen molar-refractivity contribution in [2.75, 3.05) is 24.5 Å². The van der Waals surface area contributed by atoms with Crippen molar-refractivity contribution in [2.45, 2.75) is 0 Å². The predicted molar refractivity (Wildman–Crippen MR) is 67.6 cm³/mol. The largest absolute Gasteiger partial charge is 0.353 e. The van der Waals surface area contributed by atoms with E-state index >= 15 is 0 Å². The third kappa shape index (κ3) is 1.94. The highest BCUT2D eigenvalue weighted by Crippen LogP contribution is 2.29. The lowest BCUT2D eigenvalue weighted by molar-refractivity contribution is -0.120. The maximum absolute atomic E-state index is 11.4. The summed E-state index contributed by atoms with van der Waals surface area (Å²) in [6.07, 6.45) is 0. The van der Waals surface area contributed by atoms with Gasteiger partial charge in [0.15, 0.2) is 0 Å². The molecule has 3 rings (SSSR count). The van der Waals surface area contributed by atoms with E-state index in [1.54, 1.807) is 0 Å². The van der Waals surface area contributed by atoms with Crippen LogP contribution in [0.4, 0.5) is 5.82 Å². The predicted octanol–water partition coefficient (Wildman–Crippen LogP) is 1.28. The van der Waals surface area contributed by atoms with Gasteiger partial charge in [0.05, 0.1) is 11.9 Å². The van der Waals surface area contributed by atoms with Crippen molar-refractivity contribution in [2.24, 2.45) is 0 Å². The Hall–Kier alpha value is -1.40. The molecule has 1 N–H and O–H groups in total. The van der Waals surface area contributed by atoms with Crippen molar-refractivity contribution < 1.29 is 4.79 Å². The van der Waals surface area contributed by atoms with Crippen LogP contribution >= 0.6 is 22.9 Å². The van der Waals surface area contributed by atoms with Gasteiger partial charge in [0.2, 0.25) is 11.2 Å². The first kappa shape index (κ1) is 10.7. The van der Waals surface area contributed by atoms with Gasteiger partial charge < -0.3 is 10.2 Å². The normalized spacial score (nSPS) is 16.3. The van der Waals surface area contributed by atoms with Gasteiger partial charge in [0, 0.05) is 13.1 Å². The first-order valence-corrected chi connectivity index (χ1v) is 6.42. The second-order valence-corrected chi connectivity index (χ2v) is 4.96. The number of halogens is 1. The van der Waals surface area contributed by atoms with Crippen LogP contribution in [0.2, 0.25) is 5.28 Å². The molecule has 0 aromatic carbocycles. The number of carbonyl (C=O) groups excluding carboxylic acids is 1. The summed E-state index contributed by atoms with van der Waals surface area (Å²) in [5.41, 5.74) is 0. The first-order valence-electron chi connectivity index (χ1n) is 5.16. The number of rotatable bonds is 1. The third-order valence-electron chi connectivity index (χ3n) is 2.62. The number of aromatic nitrogens is 2. The Morgan fingerprint density at radius 3 is 3.18 bits per heavy atom. The Morgan fingerprint density at radius 1 is 1.47 bits per heavy atom. The van der Waals surface area contributed by atoms with Gasteiger partial charge in [0.1, 0.15) is 10.6 Å². The number of hydrogen-bond acceptors (Lipinski definition) is 5. The van der Waals surface area contributed by atoms with E-state index in [9.17, 15) is 4.79 Å². The van der Waals surface area contributed by atoms with Gasteiger partial charge in [-0.15, -0.1) is 11.3 Å². The molecular formula is C10H9ClN4OS. The Kier molecular flexibility index (Phi) is 2.60. The van der Waals surface area contributed by atoms with E-state index in [1.807, 2.05) is 16.3 Å². The summed E-state index contributed by atoms with van der Waals surface area (Å²) in [5.74, 6) is 0.755. The Balaban J connectivity index is 2.09. The fraction of sp³-hybridized carbons (Fsp3) is 0.300. The van der Waals surface area contributed by atoms with Crippen LogP contribution < -0.4 is 10.2 Å². The second kappa shape index (κ2) is 4.12. The zero-order valence-corrected chi connectivity index (χ0v) is 10.4. The van der Waals surface area contributed by atoms with Gasteiger partial charge in [-0.1, -0.05) is 0 Å². The molecule has 2 aromatic heterocycles. The summed E-state index contributed by atoms with van der Waals surface area (Å²) in [7, 11) is 0. The monoisotopic (exact) mass is 268 g/mol. The molecular weight excluding hydrogens is 260 g/mol. The molecule has 1 fully saturated rings. The quantitative estimate of drug-likeness (QED) is 0.792. The summed E-state index contributed by atoms with van der Waals surface area (Å²) >= 11 is 7.41. The molecule has 88 valence electrons. The second-order valence-electron chi connectivity index (χ2n) is 3.73. The van der Waals surface area contributed by atoms with Crippen LogP contribution in [-0.4, -0.2) is 35.5 Å². The van der Waals surface area contributed by atoms with E-state index in [-0.39, 0.29) is 11.2 Å². The van der Waals surface area contributed by atoms with Crippen molar-refractivity contribution >= 4 is 44.9 Å². The first-order chi connectivity index (χ1) is 8.24. The van der Waals surface area contributed by atoms with Gasteiger partial charge >= 0.3 is 0 Å². The number of nitrogens with one attached hydrogen (secondary N) is 1. The van der Waals surface area contributed by atoms with Crippen molar-refractivity contribution in [3.8, 4) is 0 Å². The minimum Gasteiger partial charge on any atom is -0.353 e. The zero-order chi connectivity index (χ0) is 11.8. The average molecular weight is 269 g/mol. The molecule has 2 aromatic rings. The summed E-state index contributed by atoms with van der Waals surface area (Å²) in [6.45, 7) is 1.69. The van der Waals surface area contributed by atoms with E-state index in [1.165, 1.54) is 11.3 Å². The number of amides is 1.